The van der Waals surface area contributed by atoms with E-state index in [4.69, 9.17) is 0 Å². The molecule has 240 valence electrons. The molecule has 10 heteroatoms. The van der Waals surface area contributed by atoms with Gasteiger partial charge in [-0.2, -0.15) is 0 Å². The van der Waals surface area contributed by atoms with Crippen LogP contribution in [-0.2, 0) is 9.59 Å². The number of thioether (sulfide) groups is 1. The molecular formula is C38H32N4O5S. The highest BCUT2D eigenvalue weighted by molar-refractivity contribution is 8.00. The first-order chi connectivity index (χ1) is 23.2. The van der Waals surface area contributed by atoms with Crippen molar-refractivity contribution >= 4 is 52.6 Å². The molecule has 1 atom stereocenters. The third-order valence-corrected chi connectivity index (χ3v) is 8.68. The normalized spacial score (nSPS) is 11.7. The van der Waals surface area contributed by atoms with Crippen LogP contribution in [0.25, 0.3) is 6.08 Å². The summed E-state index contributed by atoms with van der Waals surface area (Å²) in [6.07, 6.45) is 1.64. The Bertz CT molecular complexity index is 1980. The minimum Gasteiger partial charge on any atom is -0.324 e. The van der Waals surface area contributed by atoms with Crippen LogP contribution in [-0.4, -0.2) is 22.6 Å². The smallest absolute Gasteiger partial charge is 0.272 e. The van der Waals surface area contributed by atoms with Crippen LogP contribution in [0.2, 0.25) is 0 Å². The zero-order valence-corrected chi connectivity index (χ0v) is 27.0. The predicted octanol–water partition coefficient (Wildman–Crippen LogP) is 8.09. The molecule has 0 heterocycles. The highest BCUT2D eigenvalue weighted by atomic mass is 32.2. The van der Waals surface area contributed by atoms with Crippen molar-refractivity contribution in [3.05, 3.63) is 171 Å². The van der Waals surface area contributed by atoms with Crippen molar-refractivity contribution in [1.82, 2.24) is 5.32 Å². The van der Waals surface area contributed by atoms with Gasteiger partial charge in [0.25, 0.3) is 17.5 Å². The first-order valence-electron chi connectivity index (χ1n) is 15.0. The van der Waals surface area contributed by atoms with Crippen LogP contribution in [0.15, 0.2) is 138 Å². The van der Waals surface area contributed by atoms with Crippen LogP contribution >= 0.6 is 11.8 Å². The molecular weight excluding hydrogens is 625 g/mol. The number of rotatable bonds is 11. The highest BCUT2D eigenvalue weighted by Crippen LogP contribution is 2.37. The number of non-ortho nitro benzene ring substituents is 1. The number of nitrogens with one attached hydrogen (secondary N) is 3. The molecule has 5 rings (SSSR count). The summed E-state index contributed by atoms with van der Waals surface area (Å²) in [6.45, 7) is 3.69. The van der Waals surface area contributed by atoms with Gasteiger partial charge in [0.05, 0.1) is 10.6 Å². The Labute approximate surface area is 282 Å². The number of nitro benzene ring substituents is 1. The van der Waals surface area contributed by atoms with E-state index in [1.165, 1.54) is 23.9 Å². The van der Waals surface area contributed by atoms with E-state index in [2.05, 4.69) is 16.0 Å². The standard InChI is InChI=1S/C38H32N4O5S/c1-25-11-9-10-16-29(25)23-34(41-36(43)28-14-7-4-8-15-28)37(44)39-30-18-21-32(22-19-30)48-35(27-12-5-3-6-13-27)38(45)40-33-24-31(42(46)47)20-17-26(33)2/h3-24,35H,1-2H3,(H,39,44)(H,40,45)(H,41,43)/b34-23-. The van der Waals surface area contributed by atoms with Crippen molar-refractivity contribution in [1.29, 1.82) is 0 Å². The zero-order valence-electron chi connectivity index (χ0n) is 26.2. The fourth-order valence-electron chi connectivity index (χ4n) is 4.76. The van der Waals surface area contributed by atoms with E-state index >= 15 is 0 Å². The number of aryl methyl sites for hydroxylation is 2. The van der Waals surface area contributed by atoms with E-state index in [0.717, 1.165) is 21.6 Å². The number of carbonyl (C=O) groups excluding carboxylic acids is 3. The number of benzene rings is 5. The number of amides is 3. The third kappa shape index (κ3) is 8.62. The van der Waals surface area contributed by atoms with E-state index in [9.17, 15) is 24.5 Å². The third-order valence-electron chi connectivity index (χ3n) is 7.41. The molecule has 3 amide bonds. The number of nitro groups is 1. The molecule has 5 aromatic carbocycles. The Morgan fingerprint density at radius 2 is 1.40 bits per heavy atom. The number of carbonyl (C=O) groups is 3. The molecule has 0 saturated heterocycles. The van der Waals surface area contributed by atoms with E-state index in [-0.39, 0.29) is 17.3 Å². The summed E-state index contributed by atoms with van der Waals surface area (Å²) < 4.78 is 0. The second-order valence-corrected chi connectivity index (χ2v) is 12.0. The first kappa shape index (κ1) is 33.4. The van der Waals surface area contributed by atoms with Gasteiger partial charge in [-0.3, -0.25) is 24.5 Å². The van der Waals surface area contributed by atoms with Crippen LogP contribution in [0.1, 0.15) is 37.9 Å². The van der Waals surface area contributed by atoms with Gasteiger partial charge in [0, 0.05) is 28.3 Å². The van der Waals surface area contributed by atoms with Crippen molar-refractivity contribution in [3.8, 4) is 0 Å². The SMILES string of the molecule is Cc1ccccc1/C=C(\NC(=O)c1ccccc1)C(=O)Nc1ccc(SC(C(=O)Nc2cc([N+](=O)[O-])ccc2C)c2ccccc2)cc1. The van der Waals surface area contributed by atoms with Gasteiger partial charge in [-0.15, -0.1) is 11.8 Å². The lowest BCUT2D eigenvalue weighted by molar-refractivity contribution is -0.384. The molecule has 0 spiro atoms. The minimum absolute atomic E-state index is 0.0776. The van der Waals surface area contributed by atoms with Crippen molar-refractivity contribution in [2.75, 3.05) is 10.6 Å². The van der Waals surface area contributed by atoms with Crippen LogP contribution in [0.4, 0.5) is 17.1 Å². The van der Waals surface area contributed by atoms with Crippen molar-refractivity contribution in [2.45, 2.75) is 24.0 Å². The molecule has 0 aliphatic heterocycles. The van der Waals surface area contributed by atoms with E-state index in [1.54, 1.807) is 67.6 Å². The molecule has 0 radical (unpaired) electrons. The molecule has 9 nitrogen and oxygen atoms in total. The second-order valence-electron chi connectivity index (χ2n) is 10.9. The lowest BCUT2D eigenvalue weighted by Gasteiger charge is -2.18. The van der Waals surface area contributed by atoms with E-state index in [0.29, 0.717) is 22.5 Å². The van der Waals surface area contributed by atoms with Crippen LogP contribution in [0.3, 0.4) is 0 Å². The topological polar surface area (TPSA) is 130 Å². The summed E-state index contributed by atoms with van der Waals surface area (Å²) in [7, 11) is 0. The van der Waals surface area contributed by atoms with Gasteiger partial charge >= 0.3 is 0 Å². The zero-order chi connectivity index (χ0) is 34.0. The first-order valence-corrected chi connectivity index (χ1v) is 15.9. The van der Waals surface area contributed by atoms with Gasteiger partial charge in [0.1, 0.15) is 10.9 Å². The fraction of sp³-hybridized carbons (Fsp3) is 0.0789. The van der Waals surface area contributed by atoms with Crippen LogP contribution < -0.4 is 16.0 Å². The summed E-state index contributed by atoms with van der Waals surface area (Å²) >= 11 is 1.30. The second kappa shape index (κ2) is 15.5. The Balaban J connectivity index is 1.34. The molecule has 1 unspecified atom stereocenters. The summed E-state index contributed by atoms with van der Waals surface area (Å²) in [5.41, 5.74) is 4.40. The molecule has 0 aromatic heterocycles. The van der Waals surface area contributed by atoms with Gasteiger partial charge in [0.15, 0.2) is 0 Å². The number of nitrogens with zero attached hydrogens (tertiary/aromatic N) is 1. The number of hydrogen-bond acceptors (Lipinski definition) is 6. The Morgan fingerprint density at radius 3 is 2.06 bits per heavy atom. The average Bonchev–Trinajstić information content (AvgIpc) is 3.10. The molecule has 5 aromatic rings. The van der Waals surface area contributed by atoms with Gasteiger partial charge in [-0.1, -0.05) is 78.9 Å². The molecule has 0 aliphatic rings. The van der Waals surface area contributed by atoms with Gasteiger partial charge in [-0.05, 0) is 78.6 Å². The molecule has 3 N–H and O–H groups in total. The number of hydrogen-bond donors (Lipinski definition) is 3. The Morgan fingerprint density at radius 1 is 0.750 bits per heavy atom. The molecule has 0 bridgehead atoms. The quantitative estimate of drug-likeness (QED) is 0.0570. The maximum atomic E-state index is 13.6. The lowest BCUT2D eigenvalue weighted by atomic mass is 10.1. The Hall–Kier alpha value is -6.00. The van der Waals surface area contributed by atoms with Gasteiger partial charge in [0.2, 0.25) is 5.91 Å². The molecule has 0 saturated carbocycles. The maximum absolute atomic E-state index is 13.6. The summed E-state index contributed by atoms with van der Waals surface area (Å²) in [6, 6.07) is 36.8. The van der Waals surface area contributed by atoms with Gasteiger partial charge in [-0.25, -0.2) is 0 Å². The molecule has 0 fully saturated rings. The monoisotopic (exact) mass is 656 g/mol. The fourth-order valence-corrected chi connectivity index (χ4v) is 5.78. The van der Waals surface area contributed by atoms with Crippen LogP contribution in [0, 0.1) is 24.0 Å². The molecule has 0 aliphatic carbocycles. The van der Waals surface area contributed by atoms with Crippen molar-refractivity contribution < 1.29 is 19.3 Å². The highest BCUT2D eigenvalue weighted by Gasteiger charge is 2.24. The van der Waals surface area contributed by atoms with E-state index < -0.39 is 22.0 Å². The summed E-state index contributed by atoms with van der Waals surface area (Å²) in [4.78, 5) is 51.7. The summed E-state index contributed by atoms with van der Waals surface area (Å²) in [5, 5.41) is 19.1. The Kier molecular flexibility index (Phi) is 10.8. The van der Waals surface area contributed by atoms with Crippen molar-refractivity contribution in [2.24, 2.45) is 0 Å². The predicted molar refractivity (Wildman–Crippen MR) is 190 cm³/mol. The lowest BCUT2D eigenvalue weighted by Crippen LogP contribution is -2.30. The molecule has 48 heavy (non-hydrogen) atoms. The number of anilines is 2. The van der Waals surface area contributed by atoms with Gasteiger partial charge < -0.3 is 16.0 Å². The van der Waals surface area contributed by atoms with Crippen molar-refractivity contribution in [3.63, 3.8) is 0 Å². The van der Waals surface area contributed by atoms with E-state index in [1.807, 2.05) is 67.6 Å². The van der Waals surface area contributed by atoms with Crippen LogP contribution in [0.5, 0.6) is 0 Å². The maximum Gasteiger partial charge on any atom is 0.272 e. The summed E-state index contributed by atoms with van der Waals surface area (Å²) in [5.74, 6) is -1.26. The minimum atomic E-state index is -0.679. The average molecular weight is 657 g/mol. The largest absolute Gasteiger partial charge is 0.324 e.